The number of halogens is 1. The number of amidine groups is 1. The number of carboxylic acid groups (broad SMARTS) is 1. The molecule has 0 radical (unpaired) electrons. The lowest BCUT2D eigenvalue weighted by atomic mass is 9.71. The van der Waals surface area contributed by atoms with E-state index in [2.05, 4.69) is 4.72 Å². The van der Waals surface area contributed by atoms with Gasteiger partial charge in [0.25, 0.3) is 0 Å². The SMILES string of the molecule is I.N=C(N)c1cccc(C[C@H](NS(=O)(=O)c2ccc3ccccc3c2)C(=O)N2CCC(C(=O)O)C3CCCCC32)c1. The molecule has 1 saturated carbocycles. The smallest absolute Gasteiger partial charge is 0.306 e. The van der Waals surface area contributed by atoms with E-state index in [0.717, 1.165) is 30.0 Å². The van der Waals surface area contributed by atoms with E-state index in [0.29, 0.717) is 24.0 Å². The fourth-order valence-electron chi connectivity index (χ4n) is 6.31. The second-order valence-electron chi connectivity index (χ2n) is 10.8. The van der Waals surface area contributed by atoms with Crippen LogP contribution in [0.2, 0.25) is 0 Å². The predicted octanol–water partition coefficient (Wildman–Crippen LogP) is 4.12. The summed E-state index contributed by atoms with van der Waals surface area (Å²) in [5.41, 5.74) is 6.81. The minimum Gasteiger partial charge on any atom is -0.481 e. The van der Waals surface area contributed by atoms with Crippen molar-refractivity contribution < 1.29 is 23.1 Å². The molecule has 1 saturated heterocycles. The molecule has 0 bridgehead atoms. The molecule has 11 heteroatoms. The number of hydrogen-bond acceptors (Lipinski definition) is 5. The summed E-state index contributed by atoms with van der Waals surface area (Å²) >= 11 is 0. The molecule has 3 unspecified atom stereocenters. The van der Waals surface area contributed by atoms with E-state index in [4.69, 9.17) is 11.1 Å². The number of carboxylic acids is 1. The van der Waals surface area contributed by atoms with E-state index in [1.807, 2.05) is 24.3 Å². The van der Waals surface area contributed by atoms with Gasteiger partial charge in [-0.15, -0.1) is 24.0 Å². The maximum absolute atomic E-state index is 14.2. The number of sulfonamides is 1. The lowest BCUT2D eigenvalue weighted by Gasteiger charge is -2.47. The highest BCUT2D eigenvalue weighted by Crippen LogP contribution is 2.39. The van der Waals surface area contributed by atoms with Gasteiger partial charge in [-0.3, -0.25) is 15.0 Å². The van der Waals surface area contributed by atoms with E-state index in [9.17, 15) is 23.1 Å². The fraction of sp³-hybridized carbons (Fsp3) is 0.367. The zero-order valence-electron chi connectivity index (χ0n) is 22.5. The Balaban J connectivity index is 0.00000387. The highest BCUT2D eigenvalue weighted by Gasteiger charge is 2.45. The molecule has 2 aliphatic rings. The average Bonchev–Trinajstić information content (AvgIpc) is 2.95. The molecule has 0 spiro atoms. The van der Waals surface area contributed by atoms with Gasteiger partial charge in [-0.1, -0.05) is 61.4 Å². The van der Waals surface area contributed by atoms with Crippen LogP contribution in [0.5, 0.6) is 0 Å². The molecule has 2 fully saturated rings. The molecular weight excluding hydrogens is 655 g/mol. The molecule has 1 aliphatic carbocycles. The third-order valence-corrected chi connectivity index (χ3v) is 9.75. The zero-order chi connectivity index (χ0) is 28.4. The van der Waals surface area contributed by atoms with Crippen LogP contribution in [0, 0.1) is 17.2 Å². The number of nitrogen functional groups attached to an aromatic ring is 1. The lowest BCUT2D eigenvalue weighted by molar-refractivity contribution is -0.154. The van der Waals surface area contributed by atoms with Crippen LogP contribution in [0.25, 0.3) is 10.8 Å². The first kappa shape index (κ1) is 30.9. The summed E-state index contributed by atoms with van der Waals surface area (Å²) in [6.45, 7) is 0.263. The minimum absolute atomic E-state index is 0. The van der Waals surface area contributed by atoms with Gasteiger partial charge in [0.05, 0.1) is 10.8 Å². The Hall–Kier alpha value is -3.03. The number of aliphatic carboxylic acids is 1. The van der Waals surface area contributed by atoms with Crippen LogP contribution in [0.3, 0.4) is 0 Å². The fourth-order valence-corrected chi connectivity index (χ4v) is 7.53. The molecule has 218 valence electrons. The van der Waals surface area contributed by atoms with Gasteiger partial charge in [-0.05, 0) is 66.1 Å². The first-order valence-corrected chi connectivity index (χ1v) is 15.1. The predicted molar refractivity (Wildman–Crippen MR) is 168 cm³/mol. The number of likely N-dealkylation sites (tertiary alicyclic amines) is 1. The third kappa shape index (κ3) is 6.73. The van der Waals surface area contributed by atoms with Crippen molar-refractivity contribution in [1.29, 1.82) is 5.41 Å². The number of nitrogens with one attached hydrogen (secondary N) is 2. The summed E-state index contributed by atoms with van der Waals surface area (Å²) < 4.78 is 30.0. The number of piperidine rings is 1. The Bertz CT molecular complexity index is 1560. The number of benzene rings is 3. The molecular formula is C30H35IN4O5S. The van der Waals surface area contributed by atoms with Crippen LogP contribution in [-0.4, -0.2) is 54.8 Å². The molecule has 1 heterocycles. The van der Waals surface area contributed by atoms with Crippen LogP contribution in [0.4, 0.5) is 0 Å². The van der Waals surface area contributed by atoms with Crippen LogP contribution in [0.15, 0.2) is 71.6 Å². The van der Waals surface area contributed by atoms with Gasteiger partial charge >= 0.3 is 5.97 Å². The van der Waals surface area contributed by atoms with Crippen LogP contribution >= 0.6 is 24.0 Å². The van der Waals surface area contributed by atoms with Crippen molar-refractivity contribution in [1.82, 2.24) is 9.62 Å². The number of nitrogens with two attached hydrogens (primary N) is 1. The molecule has 4 atom stereocenters. The summed E-state index contributed by atoms with van der Waals surface area (Å²) in [4.78, 5) is 27.9. The number of amides is 1. The summed E-state index contributed by atoms with van der Waals surface area (Å²) in [7, 11) is -4.09. The van der Waals surface area contributed by atoms with Crippen LogP contribution in [0.1, 0.15) is 43.2 Å². The number of carbonyl (C=O) groups excluding carboxylic acids is 1. The Labute approximate surface area is 257 Å². The van der Waals surface area contributed by atoms with E-state index in [1.54, 1.807) is 41.3 Å². The largest absolute Gasteiger partial charge is 0.481 e. The van der Waals surface area contributed by atoms with Crippen molar-refractivity contribution in [3.63, 3.8) is 0 Å². The van der Waals surface area contributed by atoms with Gasteiger partial charge < -0.3 is 15.7 Å². The monoisotopic (exact) mass is 690 g/mol. The average molecular weight is 691 g/mol. The normalized spacial score (nSPS) is 21.4. The Kier molecular flexibility index (Phi) is 9.70. The standard InChI is InChI=1S/C30H34N4O5S.HI/c31-28(32)22-9-5-6-19(16-22)17-26(33-40(38,39)23-13-12-20-7-1-2-8-21(20)18-23)29(35)34-15-14-25(30(36)37)24-10-3-4-11-27(24)34;/h1-2,5-9,12-13,16,18,24-27,33H,3-4,10-11,14-15,17H2,(H3,31,32)(H,36,37);1H/t24?,25?,26-,27?;/m0./s1. The van der Waals surface area contributed by atoms with Gasteiger partial charge in [-0.2, -0.15) is 4.72 Å². The minimum atomic E-state index is -4.09. The van der Waals surface area contributed by atoms with E-state index in [-0.39, 0.29) is 65.5 Å². The van der Waals surface area contributed by atoms with Crippen LogP contribution in [-0.2, 0) is 26.0 Å². The first-order chi connectivity index (χ1) is 19.1. The Morgan fingerprint density at radius 2 is 1.73 bits per heavy atom. The van der Waals surface area contributed by atoms with E-state index < -0.39 is 28.0 Å². The van der Waals surface area contributed by atoms with Crippen molar-refractivity contribution in [2.75, 3.05) is 6.54 Å². The van der Waals surface area contributed by atoms with Crippen molar-refractivity contribution in [3.05, 3.63) is 77.9 Å². The van der Waals surface area contributed by atoms with Gasteiger partial charge in [0.2, 0.25) is 15.9 Å². The maximum Gasteiger partial charge on any atom is 0.306 e. The molecule has 9 nitrogen and oxygen atoms in total. The second-order valence-corrected chi connectivity index (χ2v) is 12.5. The Morgan fingerprint density at radius 3 is 2.46 bits per heavy atom. The summed E-state index contributed by atoms with van der Waals surface area (Å²) in [6, 6.07) is 17.8. The quantitative estimate of drug-likeness (QED) is 0.159. The van der Waals surface area contributed by atoms with Gasteiger partial charge in [0.1, 0.15) is 11.9 Å². The zero-order valence-corrected chi connectivity index (χ0v) is 25.7. The van der Waals surface area contributed by atoms with E-state index in [1.165, 1.54) is 6.07 Å². The third-order valence-electron chi connectivity index (χ3n) is 8.28. The summed E-state index contributed by atoms with van der Waals surface area (Å²) in [5, 5.41) is 19.3. The number of nitrogens with zero attached hydrogens (tertiary/aromatic N) is 1. The number of carbonyl (C=O) groups is 2. The lowest BCUT2D eigenvalue weighted by Crippen LogP contribution is -2.59. The number of rotatable bonds is 8. The molecule has 41 heavy (non-hydrogen) atoms. The molecule has 1 amide bonds. The van der Waals surface area contributed by atoms with Crippen molar-refractivity contribution in [3.8, 4) is 0 Å². The van der Waals surface area contributed by atoms with E-state index >= 15 is 0 Å². The first-order valence-electron chi connectivity index (χ1n) is 13.6. The molecule has 3 aromatic carbocycles. The van der Waals surface area contributed by atoms with Gasteiger partial charge in [-0.25, -0.2) is 8.42 Å². The molecule has 0 aromatic heterocycles. The highest BCUT2D eigenvalue weighted by molar-refractivity contribution is 14.0. The summed E-state index contributed by atoms with van der Waals surface area (Å²) in [5.74, 6) is -1.98. The second kappa shape index (κ2) is 12.9. The number of hydrogen-bond donors (Lipinski definition) is 4. The van der Waals surface area contributed by atoms with Crippen LogP contribution < -0.4 is 10.5 Å². The number of fused-ring (bicyclic) bond motifs is 2. The summed E-state index contributed by atoms with van der Waals surface area (Å²) in [6.07, 6.45) is 3.65. The van der Waals surface area contributed by atoms with Crippen molar-refractivity contribution >= 4 is 62.5 Å². The van der Waals surface area contributed by atoms with Gasteiger partial charge in [0.15, 0.2) is 0 Å². The molecule has 3 aromatic rings. The highest BCUT2D eigenvalue weighted by atomic mass is 127. The topological polar surface area (TPSA) is 154 Å². The Morgan fingerprint density at radius 1 is 1.00 bits per heavy atom. The van der Waals surface area contributed by atoms with Gasteiger partial charge in [0, 0.05) is 18.2 Å². The molecule has 5 rings (SSSR count). The van der Waals surface area contributed by atoms with Crippen molar-refractivity contribution in [2.24, 2.45) is 17.6 Å². The molecule has 5 N–H and O–H groups in total. The van der Waals surface area contributed by atoms with Crippen molar-refractivity contribution in [2.45, 2.75) is 55.5 Å². The molecule has 1 aliphatic heterocycles. The maximum atomic E-state index is 14.2.